The van der Waals surface area contributed by atoms with Crippen molar-refractivity contribution in [2.24, 2.45) is 16.2 Å². The van der Waals surface area contributed by atoms with Gasteiger partial charge in [0.1, 0.15) is 0 Å². The number of hydrogen-bond acceptors (Lipinski definition) is 3. The Morgan fingerprint density at radius 2 is 0.867 bits per heavy atom. The zero-order valence-electron chi connectivity index (χ0n) is 10.1. The van der Waals surface area contributed by atoms with Gasteiger partial charge in [-0.25, -0.2) is 0 Å². The minimum Gasteiger partial charge on any atom is -0.179 e. The van der Waals surface area contributed by atoms with Crippen molar-refractivity contribution in [3.63, 3.8) is 0 Å². The van der Waals surface area contributed by atoms with Gasteiger partial charge in [-0.3, -0.25) is 0 Å². The van der Waals surface area contributed by atoms with Gasteiger partial charge < -0.3 is 0 Å². The molecule has 0 bridgehead atoms. The molecule has 0 saturated heterocycles. The Bertz CT molecular complexity index is 181. The van der Waals surface area contributed by atoms with E-state index in [1.807, 2.05) is 0 Å². The van der Waals surface area contributed by atoms with Gasteiger partial charge in [0, 0.05) is 0 Å². The summed E-state index contributed by atoms with van der Waals surface area (Å²) in [6.07, 6.45) is 3.74. The molecule has 0 unspecified atom stereocenters. The fourth-order valence-electron chi connectivity index (χ4n) is 3.61. The van der Waals surface area contributed by atoms with Gasteiger partial charge in [0.05, 0.1) is 0 Å². The van der Waals surface area contributed by atoms with E-state index >= 15 is 0 Å². The van der Waals surface area contributed by atoms with E-state index in [9.17, 15) is 0 Å². The third-order valence-electron chi connectivity index (χ3n) is 3.71. The predicted octanol–water partition coefficient (Wildman–Crippen LogP) is 3.98. The standard InChI is InChI=1S/C12H24S3/c1-10(7-13)4-11(2,8-14)6-12(3,5-10)9-15/h13-15H,4-9H2,1-3H3. The van der Waals surface area contributed by atoms with Crippen molar-refractivity contribution in [1.82, 2.24) is 0 Å². The second-order valence-electron chi connectivity index (χ2n) is 6.44. The lowest BCUT2D eigenvalue weighted by Crippen LogP contribution is -2.45. The van der Waals surface area contributed by atoms with Crippen molar-refractivity contribution in [1.29, 1.82) is 0 Å². The van der Waals surface area contributed by atoms with Crippen LogP contribution in [0.1, 0.15) is 40.0 Å². The van der Waals surface area contributed by atoms with Gasteiger partial charge in [-0.05, 0) is 52.8 Å². The molecular formula is C12H24S3. The maximum Gasteiger partial charge on any atom is -0.00434 e. The normalized spacial score (nSPS) is 46.8. The maximum atomic E-state index is 4.53. The molecule has 0 heterocycles. The minimum atomic E-state index is 0.357. The molecule has 15 heavy (non-hydrogen) atoms. The smallest absolute Gasteiger partial charge is 0.00434 e. The summed E-state index contributed by atoms with van der Waals surface area (Å²) in [7, 11) is 0. The lowest BCUT2D eigenvalue weighted by Gasteiger charge is -2.52. The maximum absolute atomic E-state index is 4.53. The lowest BCUT2D eigenvalue weighted by molar-refractivity contribution is 0.0295. The fraction of sp³-hybridized carbons (Fsp3) is 1.00. The van der Waals surface area contributed by atoms with Gasteiger partial charge in [0.15, 0.2) is 0 Å². The molecule has 1 rings (SSSR count). The van der Waals surface area contributed by atoms with Crippen LogP contribution in [-0.4, -0.2) is 17.3 Å². The van der Waals surface area contributed by atoms with Crippen LogP contribution in [-0.2, 0) is 0 Å². The molecule has 0 aliphatic heterocycles. The van der Waals surface area contributed by atoms with Crippen molar-refractivity contribution in [2.45, 2.75) is 40.0 Å². The number of rotatable bonds is 3. The summed E-state index contributed by atoms with van der Waals surface area (Å²) in [6.45, 7) is 7.09. The average Bonchev–Trinajstić information content (AvgIpc) is 2.16. The summed E-state index contributed by atoms with van der Waals surface area (Å²) in [6, 6.07) is 0. The quantitative estimate of drug-likeness (QED) is 0.631. The SMILES string of the molecule is CC1(CS)CC(C)(CS)CC(C)(CS)C1. The van der Waals surface area contributed by atoms with E-state index in [0.29, 0.717) is 16.2 Å². The average molecular weight is 265 g/mol. The Hall–Kier alpha value is 1.05. The van der Waals surface area contributed by atoms with Crippen LogP contribution in [0, 0.1) is 16.2 Å². The Balaban J connectivity index is 2.92. The fourth-order valence-corrected chi connectivity index (χ4v) is 4.28. The van der Waals surface area contributed by atoms with Gasteiger partial charge in [0.25, 0.3) is 0 Å². The summed E-state index contributed by atoms with van der Waals surface area (Å²) in [5.41, 5.74) is 1.07. The van der Waals surface area contributed by atoms with Crippen molar-refractivity contribution >= 4 is 37.9 Å². The number of thiol groups is 3. The van der Waals surface area contributed by atoms with Crippen LogP contribution in [0.5, 0.6) is 0 Å². The molecule has 0 atom stereocenters. The highest BCUT2D eigenvalue weighted by atomic mass is 32.1. The predicted molar refractivity (Wildman–Crippen MR) is 79.7 cm³/mol. The van der Waals surface area contributed by atoms with Crippen molar-refractivity contribution in [3.8, 4) is 0 Å². The zero-order valence-corrected chi connectivity index (χ0v) is 12.8. The first kappa shape index (κ1) is 14.1. The Morgan fingerprint density at radius 1 is 0.667 bits per heavy atom. The summed E-state index contributed by atoms with van der Waals surface area (Å²) in [5, 5.41) is 0. The first-order chi connectivity index (χ1) is 6.80. The molecule has 1 aliphatic rings. The molecule has 0 amide bonds. The second kappa shape index (κ2) is 4.73. The topological polar surface area (TPSA) is 0 Å². The third-order valence-corrected chi connectivity index (χ3v) is 6.00. The van der Waals surface area contributed by atoms with E-state index in [1.165, 1.54) is 19.3 Å². The molecule has 1 aliphatic carbocycles. The van der Waals surface area contributed by atoms with Crippen LogP contribution in [0.15, 0.2) is 0 Å². The van der Waals surface area contributed by atoms with Crippen molar-refractivity contribution < 1.29 is 0 Å². The Morgan fingerprint density at radius 3 is 1.00 bits per heavy atom. The molecule has 0 N–H and O–H groups in total. The Kier molecular flexibility index (Phi) is 4.45. The molecule has 3 heteroatoms. The molecule has 0 radical (unpaired) electrons. The first-order valence-corrected chi connectivity index (χ1v) is 7.53. The van der Waals surface area contributed by atoms with Gasteiger partial charge in [-0.15, -0.1) is 0 Å². The first-order valence-electron chi connectivity index (χ1n) is 5.63. The van der Waals surface area contributed by atoms with Gasteiger partial charge in [0.2, 0.25) is 0 Å². The van der Waals surface area contributed by atoms with Crippen LogP contribution in [0.2, 0.25) is 0 Å². The molecule has 0 aromatic rings. The largest absolute Gasteiger partial charge is 0.179 e. The van der Waals surface area contributed by atoms with Gasteiger partial charge >= 0.3 is 0 Å². The molecule has 90 valence electrons. The summed E-state index contributed by atoms with van der Waals surface area (Å²) in [5.74, 6) is 2.92. The van der Waals surface area contributed by atoms with Gasteiger partial charge in [-0.2, -0.15) is 37.9 Å². The minimum absolute atomic E-state index is 0.357. The highest BCUT2D eigenvalue weighted by molar-refractivity contribution is 7.80. The third kappa shape index (κ3) is 3.26. The number of hydrogen-bond donors (Lipinski definition) is 3. The highest BCUT2D eigenvalue weighted by Gasteiger charge is 2.47. The van der Waals surface area contributed by atoms with Crippen molar-refractivity contribution in [2.75, 3.05) is 17.3 Å². The lowest BCUT2D eigenvalue weighted by atomic mass is 9.56. The van der Waals surface area contributed by atoms with Crippen LogP contribution in [0.3, 0.4) is 0 Å². The molecule has 0 spiro atoms. The van der Waals surface area contributed by atoms with Crippen LogP contribution < -0.4 is 0 Å². The van der Waals surface area contributed by atoms with E-state index < -0.39 is 0 Å². The molecule has 1 fully saturated rings. The van der Waals surface area contributed by atoms with Crippen LogP contribution >= 0.6 is 37.9 Å². The molecule has 0 aromatic carbocycles. The van der Waals surface area contributed by atoms with E-state index in [-0.39, 0.29) is 0 Å². The van der Waals surface area contributed by atoms with E-state index in [1.54, 1.807) is 0 Å². The molecule has 0 nitrogen and oxygen atoms in total. The van der Waals surface area contributed by atoms with Crippen LogP contribution in [0.25, 0.3) is 0 Å². The highest BCUT2D eigenvalue weighted by Crippen LogP contribution is 2.55. The van der Waals surface area contributed by atoms with E-state index in [2.05, 4.69) is 58.7 Å². The molecule has 1 saturated carbocycles. The zero-order chi connectivity index (χ0) is 11.7. The molecule has 0 aromatic heterocycles. The summed E-state index contributed by atoms with van der Waals surface area (Å²) in [4.78, 5) is 0. The van der Waals surface area contributed by atoms with Crippen molar-refractivity contribution in [3.05, 3.63) is 0 Å². The van der Waals surface area contributed by atoms with Gasteiger partial charge in [-0.1, -0.05) is 20.8 Å². The second-order valence-corrected chi connectivity index (χ2v) is 7.39. The van der Waals surface area contributed by atoms with E-state index in [4.69, 9.17) is 0 Å². The Labute approximate surface area is 111 Å². The van der Waals surface area contributed by atoms with E-state index in [0.717, 1.165) is 17.3 Å². The summed E-state index contributed by atoms with van der Waals surface area (Å²) < 4.78 is 0. The monoisotopic (exact) mass is 264 g/mol. The van der Waals surface area contributed by atoms with Crippen LogP contribution in [0.4, 0.5) is 0 Å². The molecular weight excluding hydrogens is 240 g/mol. The summed E-state index contributed by atoms with van der Waals surface area (Å²) >= 11 is 13.6.